The molecule has 0 spiro atoms. The van der Waals surface area contributed by atoms with Crippen molar-refractivity contribution in [3.05, 3.63) is 34.9 Å². The van der Waals surface area contributed by atoms with Gasteiger partial charge in [0, 0.05) is 0 Å². The first-order chi connectivity index (χ1) is 5.62. The normalized spacial score (nSPS) is 18.5. The molecule has 0 bridgehead atoms. The molecule has 1 aliphatic heterocycles. The minimum atomic E-state index is -3.35. The lowest BCUT2D eigenvalue weighted by Gasteiger charge is -1.96. The third-order valence-electron chi connectivity index (χ3n) is 1.82. The van der Waals surface area contributed by atoms with Crippen LogP contribution in [0.25, 0.3) is 6.08 Å². The van der Waals surface area contributed by atoms with Crippen LogP contribution in [0, 0.1) is 0 Å². The molecule has 1 aliphatic rings. The average Bonchev–Trinajstić information content (AvgIpc) is 2.25. The van der Waals surface area contributed by atoms with Gasteiger partial charge in [0.2, 0.25) is 9.84 Å². The van der Waals surface area contributed by atoms with Crippen molar-refractivity contribution in [2.75, 3.05) is 0 Å². The Hall–Kier alpha value is -1.29. The smallest absolute Gasteiger partial charge is 0.221 e. The fourth-order valence-corrected chi connectivity index (χ4v) is 2.43. The second kappa shape index (κ2) is 2.10. The van der Waals surface area contributed by atoms with Gasteiger partial charge in [-0.2, -0.15) is 0 Å². The van der Waals surface area contributed by atoms with Crippen LogP contribution in [0.15, 0.2) is 34.2 Å². The summed E-state index contributed by atoms with van der Waals surface area (Å²) in [6, 6.07) is 6.75. The SMILES string of the molecule is NC1=Cc2ccccc2S1(=O)=O. The second-order valence-electron chi connectivity index (χ2n) is 2.59. The summed E-state index contributed by atoms with van der Waals surface area (Å²) in [7, 11) is -3.35. The molecule has 1 heterocycles. The van der Waals surface area contributed by atoms with E-state index in [1.807, 2.05) is 0 Å². The molecule has 2 N–H and O–H groups in total. The summed E-state index contributed by atoms with van der Waals surface area (Å²) in [5.41, 5.74) is 6.01. The molecule has 3 nitrogen and oxygen atoms in total. The van der Waals surface area contributed by atoms with E-state index in [1.165, 1.54) is 6.08 Å². The number of sulfone groups is 1. The number of fused-ring (bicyclic) bond motifs is 1. The lowest BCUT2D eigenvalue weighted by atomic mass is 10.2. The zero-order valence-corrected chi connectivity index (χ0v) is 7.01. The van der Waals surface area contributed by atoms with Crippen molar-refractivity contribution in [3.8, 4) is 0 Å². The lowest BCUT2D eigenvalue weighted by Crippen LogP contribution is -2.07. The molecule has 62 valence electrons. The molecule has 1 aromatic rings. The topological polar surface area (TPSA) is 60.2 Å². The molecule has 0 amide bonds. The van der Waals surface area contributed by atoms with Crippen LogP contribution in [0.2, 0.25) is 0 Å². The van der Waals surface area contributed by atoms with E-state index >= 15 is 0 Å². The van der Waals surface area contributed by atoms with Crippen LogP contribution in [0.1, 0.15) is 5.56 Å². The predicted molar refractivity (Wildman–Crippen MR) is 45.8 cm³/mol. The fourth-order valence-electron chi connectivity index (χ4n) is 1.20. The third kappa shape index (κ3) is 0.783. The van der Waals surface area contributed by atoms with Crippen LogP contribution in [0.4, 0.5) is 0 Å². The first-order valence-electron chi connectivity index (χ1n) is 3.43. The monoisotopic (exact) mass is 181 g/mol. The van der Waals surface area contributed by atoms with Crippen molar-refractivity contribution in [3.63, 3.8) is 0 Å². The molecular formula is C8H7NO2S. The standard InChI is InChI=1S/C8H7NO2S/c9-8-5-6-3-1-2-4-7(6)12(8,10)11/h1-5H,9H2. The van der Waals surface area contributed by atoms with Crippen LogP contribution >= 0.6 is 0 Å². The predicted octanol–water partition coefficient (Wildman–Crippen LogP) is 0.731. The largest absolute Gasteiger partial charge is 0.389 e. The van der Waals surface area contributed by atoms with Gasteiger partial charge in [-0.05, 0) is 17.7 Å². The molecule has 0 aromatic heterocycles. The highest BCUT2D eigenvalue weighted by Gasteiger charge is 2.26. The Morgan fingerprint density at radius 1 is 1.17 bits per heavy atom. The zero-order chi connectivity index (χ0) is 8.77. The molecule has 0 radical (unpaired) electrons. The summed E-state index contributed by atoms with van der Waals surface area (Å²) < 4.78 is 22.8. The van der Waals surface area contributed by atoms with E-state index in [1.54, 1.807) is 24.3 Å². The van der Waals surface area contributed by atoms with Gasteiger partial charge < -0.3 is 5.73 Å². The number of rotatable bonds is 0. The Kier molecular flexibility index (Phi) is 1.29. The number of hydrogen-bond donors (Lipinski definition) is 1. The van der Waals surface area contributed by atoms with Crippen molar-refractivity contribution in [1.82, 2.24) is 0 Å². The van der Waals surface area contributed by atoms with Gasteiger partial charge in [0.15, 0.2) is 0 Å². The van der Waals surface area contributed by atoms with Crippen LogP contribution in [-0.2, 0) is 9.84 Å². The van der Waals surface area contributed by atoms with Crippen molar-refractivity contribution < 1.29 is 8.42 Å². The lowest BCUT2D eigenvalue weighted by molar-refractivity contribution is 0.603. The zero-order valence-electron chi connectivity index (χ0n) is 6.19. The quantitative estimate of drug-likeness (QED) is 0.642. The molecule has 2 rings (SSSR count). The molecule has 1 aromatic carbocycles. The Labute approximate surface area is 70.4 Å². The molecule has 12 heavy (non-hydrogen) atoms. The molecular weight excluding hydrogens is 174 g/mol. The molecule has 0 atom stereocenters. The highest BCUT2D eigenvalue weighted by molar-refractivity contribution is 7.95. The molecule has 4 heteroatoms. The summed E-state index contributed by atoms with van der Waals surface area (Å²) in [5.74, 6) is 0. The first kappa shape index (κ1) is 7.36. The van der Waals surface area contributed by atoms with E-state index in [4.69, 9.17) is 5.73 Å². The van der Waals surface area contributed by atoms with Gasteiger partial charge >= 0.3 is 0 Å². The summed E-state index contributed by atoms with van der Waals surface area (Å²) in [6.07, 6.45) is 1.48. The van der Waals surface area contributed by atoms with Gasteiger partial charge in [-0.25, -0.2) is 8.42 Å². The van der Waals surface area contributed by atoms with Gasteiger partial charge in [0.25, 0.3) is 0 Å². The van der Waals surface area contributed by atoms with Crippen LogP contribution < -0.4 is 5.73 Å². The maximum Gasteiger partial charge on any atom is 0.221 e. The van der Waals surface area contributed by atoms with E-state index in [0.717, 1.165) is 0 Å². The molecule has 0 saturated heterocycles. The summed E-state index contributed by atoms with van der Waals surface area (Å²) >= 11 is 0. The maximum absolute atomic E-state index is 11.4. The van der Waals surface area contributed by atoms with E-state index in [9.17, 15) is 8.42 Å². The van der Waals surface area contributed by atoms with E-state index < -0.39 is 9.84 Å². The molecule has 0 fully saturated rings. The van der Waals surface area contributed by atoms with Crippen LogP contribution in [-0.4, -0.2) is 8.42 Å². The molecule has 0 aliphatic carbocycles. The Bertz CT molecular complexity index is 460. The van der Waals surface area contributed by atoms with Gasteiger partial charge in [0.1, 0.15) is 5.03 Å². The van der Waals surface area contributed by atoms with Crippen molar-refractivity contribution >= 4 is 15.9 Å². The molecule has 0 unspecified atom stereocenters. The average molecular weight is 181 g/mol. The Morgan fingerprint density at radius 3 is 2.50 bits per heavy atom. The van der Waals surface area contributed by atoms with Crippen molar-refractivity contribution in [2.24, 2.45) is 5.73 Å². The molecule has 0 saturated carbocycles. The minimum absolute atomic E-state index is 0.0660. The van der Waals surface area contributed by atoms with Crippen LogP contribution in [0.5, 0.6) is 0 Å². The van der Waals surface area contributed by atoms with Gasteiger partial charge in [-0.15, -0.1) is 0 Å². The third-order valence-corrected chi connectivity index (χ3v) is 3.51. The maximum atomic E-state index is 11.4. The Balaban J connectivity index is 2.83. The van der Waals surface area contributed by atoms with Crippen LogP contribution in [0.3, 0.4) is 0 Å². The summed E-state index contributed by atoms with van der Waals surface area (Å²) in [6.45, 7) is 0. The van der Waals surface area contributed by atoms with Crippen molar-refractivity contribution in [1.29, 1.82) is 0 Å². The van der Waals surface area contributed by atoms with Gasteiger partial charge in [-0.3, -0.25) is 0 Å². The van der Waals surface area contributed by atoms with E-state index in [0.29, 0.717) is 10.5 Å². The Morgan fingerprint density at radius 2 is 1.83 bits per heavy atom. The summed E-state index contributed by atoms with van der Waals surface area (Å²) in [4.78, 5) is 0.308. The highest BCUT2D eigenvalue weighted by Crippen LogP contribution is 2.29. The van der Waals surface area contributed by atoms with Gasteiger partial charge in [0.05, 0.1) is 4.90 Å². The van der Waals surface area contributed by atoms with Crippen molar-refractivity contribution in [2.45, 2.75) is 4.90 Å². The van der Waals surface area contributed by atoms with E-state index in [-0.39, 0.29) is 5.03 Å². The highest BCUT2D eigenvalue weighted by atomic mass is 32.2. The first-order valence-corrected chi connectivity index (χ1v) is 4.92. The minimum Gasteiger partial charge on any atom is -0.389 e. The number of hydrogen-bond acceptors (Lipinski definition) is 3. The summed E-state index contributed by atoms with van der Waals surface area (Å²) in [5, 5.41) is -0.0660. The fraction of sp³-hybridized carbons (Fsp3) is 0. The number of nitrogens with two attached hydrogens (primary N) is 1. The number of benzene rings is 1. The van der Waals surface area contributed by atoms with Gasteiger partial charge in [-0.1, -0.05) is 18.2 Å². The second-order valence-corrected chi connectivity index (χ2v) is 4.51. The van der Waals surface area contributed by atoms with E-state index in [2.05, 4.69) is 0 Å².